The summed E-state index contributed by atoms with van der Waals surface area (Å²) < 4.78 is 2.02. The van der Waals surface area contributed by atoms with Crippen LogP contribution in [0.3, 0.4) is 0 Å². The van der Waals surface area contributed by atoms with E-state index in [1.165, 1.54) is 10.9 Å². The van der Waals surface area contributed by atoms with Gasteiger partial charge in [-0.1, -0.05) is 15.9 Å². The Morgan fingerprint density at radius 3 is 2.35 bits per heavy atom. The van der Waals surface area contributed by atoms with Crippen LogP contribution in [0.25, 0.3) is 5.69 Å². The number of carboxylic acid groups (broad SMARTS) is 1. The molecule has 0 atom stereocenters. The summed E-state index contributed by atoms with van der Waals surface area (Å²) in [5.74, 6) is -1.68. The van der Waals surface area contributed by atoms with Crippen molar-refractivity contribution in [3.63, 3.8) is 0 Å². The predicted molar refractivity (Wildman–Crippen MR) is 97.3 cm³/mol. The summed E-state index contributed by atoms with van der Waals surface area (Å²) in [5.41, 5.74) is 1.19. The molecular formula is C18H11BrN4O3. The summed E-state index contributed by atoms with van der Waals surface area (Å²) >= 11 is 3.29. The van der Waals surface area contributed by atoms with Crippen LogP contribution >= 0.6 is 15.9 Å². The van der Waals surface area contributed by atoms with Crippen LogP contribution in [-0.2, 0) is 0 Å². The first-order chi connectivity index (χ1) is 12.5. The van der Waals surface area contributed by atoms with E-state index in [1.807, 2.05) is 6.07 Å². The maximum Gasteiger partial charge on any atom is 0.356 e. The molecule has 3 rings (SSSR count). The van der Waals surface area contributed by atoms with Gasteiger partial charge in [0.05, 0.1) is 29.2 Å². The Morgan fingerprint density at radius 1 is 1.12 bits per heavy atom. The number of anilines is 1. The van der Waals surface area contributed by atoms with Crippen molar-refractivity contribution < 1.29 is 14.7 Å². The van der Waals surface area contributed by atoms with Crippen LogP contribution in [0, 0.1) is 11.3 Å². The number of aromatic carboxylic acids is 1. The minimum Gasteiger partial charge on any atom is -0.476 e. The maximum absolute atomic E-state index is 12.3. The predicted octanol–water partition coefficient (Wildman–Crippen LogP) is 3.46. The fraction of sp³-hybridized carbons (Fsp3) is 0. The first-order valence-electron chi connectivity index (χ1n) is 7.38. The molecule has 1 heterocycles. The molecule has 0 spiro atoms. The second kappa shape index (κ2) is 7.21. The van der Waals surface area contributed by atoms with Gasteiger partial charge in [0.15, 0.2) is 5.69 Å². The molecule has 1 aromatic heterocycles. The summed E-state index contributed by atoms with van der Waals surface area (Å²) in [5, 5.41) is 25.0. The van der Waals surface area contributed by atoms with E-state index in [0.717, 1.165) is 4.47 Å². The molecule has 0 saturated heterocycles. The lowest BCUT2D eigenvalue weighted by atomic mass is 10.2. The van der Waals surface area contributed by atoms with Crippen molar-refractivity contribution >= 4 is 33.5 Å². The van der Waals surface area contributed by atoms with Gasteiger partial charge >= 0.3 is 5.97 Å². The Balaban J connectivity index is 1.94. The Morgan fingerprint density at radius 2 is 1.77 bits per heavy atom. The van der Waals surface area contributed by atoms with Crippen LogP contribution < -0.4 is 5.32 Å². The molecule has 8 heteroatoms. The summed E-state index contributed by atoms with van der Waals surface area (Å²) in [7, 11) is 0. The molecule has 0 bridgehead atoms. The highest BCUT2D eigenvalue weighted by atomic mass is 79.9. The van der Waals surface area contributed by atoms with E-state index < -0.39 is 11.9 Å². The Labute approximate surface area is 156 Å². The van der Waals surface area contributed by atoms with Crippen LogP contribution in [0.15, 0.2) is 59.2 Å². The number of carboxylic acids is 1. The third kappa shape index (κ3) is 3.48. The molecule has 0 radical (unpaired) electrons. The molecule has 0 saturated carbocycles. The normalized spacial score (nSPS) is 10.2. The molecule has 128 valence electrons. The van der Waals surface area contributed by atoms with Crippen LogP contribution in [0.5, 0.6) is 0 Å². The molecule has 3 aromatic rings. The van der Waals surface area contributed by atoms with E-state index in [9.17, 15) is 14.7 Å². The van der Waals surface area contributed by atoms with Gasteiger partial charge in [-0.25, -0.2) is 9.48 Å². The van der Waals surface area contributed by atoms with Crippen molar-refractivity contribution in [2.24, 2.45) is 0 Å². The first kappa shape index (κ1) is 17.4. The highest BCUT2D eigenvalue weighted by Crippen LogP contribution is 2.21. The average Bonchev–Trinajstić information content (AvgIpc) is 3.06. The van der Waals surface area contributed by atoms with E-state index in [2.05, 4.69) is 26.3 Å². The molecule has 0 aliphatic rings. The zero-order valence-electron chi connectivity index (χ0n) is 13.2. The van der Waals surface area contributed by atoms with Gasteiger partial charge in [-0.3, -0.25) is 4.79 Å². The number of amides is 1. The quantitative estimate of drug-likeness (QED) is 0.684. The third-order valence-electron chi connectivity index (χ3n) is 3.57. The van der Waals surface area contributed by atoms with Gasteiger partial charge < -0.3 is 10.4 Å². The van der Waals surface area contributed by atoms with Gasteiger partial charge in [-0.2, -0.15) is 10.4 Å². The number of carbonyl (C=O) groups is 2. The number of rotatable bonds is 4. The molecule has 0 aliphatic heterocycles. The molecule has 26 heavy (non-hydrogen) atoms. The van der Waals surface area contributed by atoms with Crippen LogP contribution in [0.2, 0.25) is 0 Å². The molecule has 0 fully saturated rings. The highest BCUT2D eigenvalue weighted by molar-refractivity contribution is 9.10. The van der Waals surface area contributed by atoms with Crippen LogP contribution in [0.1, 0.15) is 26.4 Å². The molecule has 0 unspecified atom stereocenters. The summed E-state index contributed by atoms with van der Waals surface area (Å²) in [6.45, 7) is 0. The average molecular weight is 411 g/mol. The lowest BCUT2D eigenvalue weighted by Gasteiger charge is -2.07. The van der Waals surface area contributed by atoms with Gasteiger partial charge in [-0.15, -0.1) is 0 Å². The number of hydrogen-bond acceptors (Lipinski definition) is 4. The van der Waals surface area contributed by atoms with Crippen LogP contribution in [-0.4, -0.2) is 26.8 Å². The number of aromatic nitrogens is 2. The number of hydrogen-bond donors (Lipinski definition) is 2. The standard InChI is InChI=1S/C18H11BrN4O3/c19-13-5-3-12(4-6-13)17(24)22-15-10-21-23(16(15)18(25)26)14-7-1-11(9-20)2-8-14/h1-8,10H,(H,22,24)(H,25,26). The largest absolute Gasteiger partial charge is 0.476 e. The zero-order chi connectivity index (χ0) is 18.7. The zero-order valence-corrected chi connectivity index (χ0v) is 14.8. The first-order valence-corrected chi connectivity index (χ1v) is 8.17. The van der Waals surface area contributed by atoms with Gasteiger partial charge in [0, 0.05) is 10.0 Å². The van der Waals surface area contributed by atoms with Crippen molar-refractivity contribution in [3.05, 3.63) is 76.0 Å². The fourth-order valence-electron chi connectivity index (χ4n) is 2.31. The fourth-order valence-corrected chi connectivity index (χ4v) is 2.58. The molecule has 1 amide bonds. The molecule has 7 nitrogen and oxygen atoms in total. The van der Waals surface area contributed by atoms with Crippen molar-refractivity contribution in [1.29, 1.82) is 5.26 Å². The molecular weight excluding hydrogens is 400 g/mol. The van der Waals surface area contributed by atoms with E-state index in [4.69, 9.17) is 5.26 Å². The number of nitriles is 1. The summed E-state index contributed by atoms with van der Waals surface area (Å²) in [4.78, 5) is 24.0. The summed E-state index contributed by atoms with van der Waals surface area (Å²) in [6.07, 6.45) is 1.28. The van der Waals surface area contributed by atoms with E-state index in [0.29, 0.717) is 16.8 Å². The molecule has 0 aliphatic carbocycles. The Kier molecular flexibility index (Phi) is 4.82. The van der Waals surface area contributed by atoms with Crippen molar-refractivity contribution in [1.82, 2.24) is 9.78 Å². The second-order valence-corrected chi connectivity index (χ2v) is 6.16. The van der Waals surface area contributed by atoms with E-state index in [-0.39, 0.29) is 11.4 Å². The van der Waals surface area contributed by atoms with E-state index in [1.54, 1.807) is 48.5 Å². The number of nitrogens with zero attached hydrogens (tertiary/aromatic N) is 3. The number of benzene rings is 2. The van der Waals surface area contributed by atoms with Crippen molar-refractivity contribution in [3.8, 4) is 11.8 Å². The summed E-state index contributed by atoms with van der Waals surface area (Å²) in [6, 6.07) is 14.9. The lowest BCUT2D eigenvalue weighted by molar-refractivity contribution is 0.0688. The van der Waals surface area contributed by atoms with E-state index >= 15 is 0 Å². The minimum atomic E-state index is -1.24. The monoisotopic (exact) mass is 410 g/mol. The smallest absolute Gasteiger partial charge is 0.356 e. The van der Waals surface area contributed by atoms with Crippen LogP contribution in [0.4, 0.5) is 5.69 Å². The maximum atomic E-state index is 12.3. The third-order valence-corrected chi connectivity index (χ3v) is 4.10. The van der Waals surface area contributed by atoms with Gasteiger partial charge in [0.1, 0.15) is 0 Å². The Hall–Kier alpha value is -3.44. The van der Waals surface area contributed by atoms with Crippen molar-refractivity contribution in [2.45, 2.75) is 0 Å². The van der Waals surface area contributed by atoms with Gasteiger partial charge in [0.2, 0.25) is 0 Å². The SMILES string of the molecule is N#Cc1ccc(-n2ncc(NC(=O)c3ccc(Br)cc3)c2C(=O)O)cc1. The minimum absolute atomic E-state index is 0.0785. The number of carbonyl (C=O) groups excluding carboxylic acids is 1. The molecule has 2 aromatic carbocycles. The second-order valence-electron chi connectivity index (χ2n) is 5.24. The topological polar surface area (TPSA) is 108 Å². The number of halogens is 1. The molecule has 2 N–H and O–H groups in total. The highest BCUT2D eigenvalue weighted by Gasteiger charge is 2.21. The van der Waals surface area contributed by atoms with Gasteiger partial charge in [-0.05, 0) is 48.5 Å². The van der Waals surface area contributed by atoms with Crippen molar-refractivity contribution in [2.75, 3.05) is 5.32 Å². The van der Waals surface area contributed by atoms with Gasteiger partial charge in [0.25, 0.3) is 5.91 Å². The Bertz CT molecular complexity index is 1020. The lowest BCUT2D eigenvalue weighted by Crippen LogP contribution is -2.16. The number of nitrogens with one attached hydrogen (secondary N) is 1.